The number of amides is 4. The lowest BCUT2D eigenvalue weighted by Gasteiger charge is -2.40. The zero-order valence-electron chi connectivity index (χ0n) is 37.6. The Morgan fingerprint density at radius 3 is 2.40 bits per heavy atom. The van der Waals surface area contributed by atoms with Crippen LogP contribution >= 0.6 is 0 Å². The first-order chi connectivity index (χ1) is 31.3. The van der Waals surface area contributed by atoms with Gasteiger partial charge in [0.2, 0.25) is 11.8 Å². The number of hydrogen-bond acceptors (Lipinski definition) is 13. The quantitative estimate of drug-likeness (QED) is 0.116. The Morgan fingerprint density at radius 1 is 0.923 bits per heavy atom. The number of aliphatic hydroxyl groups is 1. The van der Waals surface area contributed by atoms with Gasteiger partial charge >= 0.3 is 6.03 Å². The van der Waals surface area contributed by atoms with Gasteiger partial charge in [0, 0.05) is 104 Å². The molecule has 9 rings (SSSR count). The summed E-state index contributed by atoms with van der Waals surface area (Å²) in [5.74, 6) is 1.27. The normalized spacial score (nSPS) is 17.2. The van der Waals surface area contributed by atoms with Crippen LogP contribution in [-0.4, -0.2) is 110 Å². The van der Waals surface area contributed by atoms with E-state index in [1.54, 1.807) is 4.90 Å². The first-order valence-corrected chi connectivity index (χ1v) is 22.4. The SMILES string of the molecule is Cc1cc(N2CCC(CN3CCN(c4ccc(-c5cc6c(-c7ccc([C@@H](C)NC(=O)c8noc(C(C)(C)C)n8)c(CO)c7)ncnc6[nH]5)cn4)CC3)CC2)ccc1N1CCC(=O)NC1=O. The first-order valence-electron chi connectivity index (χ1n) is 22.4. The molecular formula is C48H56N12O5. The number of carbonyl (C=O) groups is 3. The molecule has 65 heavy (non-hydrogen) atoms. The predicted octanol–water partition coefficient (Wildman–Crippen LogP) is 6.14. The van der Waals surface area contributed by atoms with Gasteiger partial charge in [0.25, 0.3) is 11.7 Å². The largest absolute Gasteiger partial charge is 0.392 e. The molecule has 4 N–H and O–H groups in total. The van der Waals surface area contributed by atoms with Gasteiger partial charge in [-0.3, -0.25) is 24.7 Å². The van der Waals surface area contributed by atoms with Crippen LogP contribution in [0, 0.1) is 12.8 Å². The van der Waals surface area contributed by atoms with Crippen molar-refractivity contribution in [3.63, 3.8) is 0 Å². The number of aromatic nitrogens is 6. The molecule has 2 aromatic carbocycles. The van der Waals surface area contributed by atoms with Crippen molar-refractivity contribution >= 4 is 46.1 Å². The number of aromatic amines is 1. The van der Waals surface area contributed by atoms with E-state index in [9.17, 15) is 19.5 Å². The van der Waals surface area contributed by atoms with Gasteiger partial charge in [-0.05, 0) is 91.8 Å². The number of nitrogens with zero attached hydrogens (tertiary/aromatic N) is 9. The fraction of sp³-hybridized carbons (Fsp3) is 0.417. The maximum absolute atomic E-state index is 13.0. The number of hydrogen-bond donors (Lipinski definition) is 4. The van der Waals surface area contributed by atoms with E-state index in [0.29, 0.717) is 36.0 Å². The van der Waals surface area contributed by atoms with E-state index in [4.69, 9.17) is 9.51 Å². The Bertz CT molecular complexity index is 2710. The summed E-state index contributed by atoms with van der Waals surface area (Å²) < 4.78 is 5.30. The summed E-state index contributed by atoms with van der Waals surface area (Å²) in [7, 11) is 0. The van der Waals surface area contributed by atoms with Crippen molar-refractivity contribution in [3.8, 4) is 22.5 Å². The smallest absolute Gasteiger partial charge is 0.328 e. The molecule has 3 fully saturated rings. The van der Waals surface area contributed by atoms with Gasteiger partial charge in [-0.2, -0.15) is 4.98 Å². The van der Waals surface area contributed by atoms with Crippen molar-refractivity contribution in [1.29, 1.82) is 0 Å². The number of carbonyl (C=O) groups excluding carboxylic acids is 3. The van der Waals surface area contributed by atoms with Gasteiger partial charge in [-0.1, -0.05) is 38.1 Å². The Labute approximate surface area is 377 Å². The summed E-state index contributed by atoms with van der Waals surface area (Å²) >= 11 is 0. The number of aryl methyl sites for hydroxylation is 1. The fourth-order valence-electron chi connectivity index (χ4n) is 9.16. The molecule has 17 nitrogen and oxygen atoms in total. The highest BCUT2D eigenvalue weighted by Crippen LogP contribution is 2.34. The van der Waals surface area contributed by atoms with Crippen LogP contribution in [0.25, 0.3) is 33.5 Å². The number of fused-ring (bicyclic) bond motifs is 1. The molecule has 7 heterocycles. The lowest BCUT2D eigenvalue weighted by Crippen LogP contribution is -2.49. The van der Waals surface area contributed by atoms with Crippen molar-refractivity contribution < 1.29 is 24.0 Å². The summed E-state index contributed by atoms with van der Waals surface area (Å²) in [4.78, 5) is 67.8. The van der Waals surface area contributed by atoms with E-state index in [0.717, 1.165) is 109 Å². The second-order valence-corrected chi connectivity index (χ2v) is 18.5. The monoisotopic (exact) mass is 880 g/mol. The molecule has 0 radical (unpaired) electrons. The van der Waals surface area contributed by atoms with Crippen LogP contribution in [0.15, 0.2) is 71.6 Å². The number of urea groups is 1. The van der Waals surface area contributed by atoms with Crippen LogP contribution in [0.2, 0.25) is 0 Å². The minimum Gasteiger partial charge on any atom is -0.392 e. The van der Waals surface area contributed by atoms with E-state index in [1.807, 2.05) is 71.1 Å². The van der Waals surface area contributed by atoms with Gasteiger partial charge in [-0.15, -0.1) is 0 Å². The predicted molar refractivity (Wildman–Crippen MR) is 248 cm³/mol. The van der Waals surface area contributed by atoms with Crippen LogP contribution in [0.3, 0.4) is 0 Å². The maximum Gasteiger partial charge on any atom is 0.328 e. The Balaban J connectivity index is 0.780. The third-order valence-corrected chi connectivity index (χ3v) is 12.9. The van der Waals surface area contributed by atoms with Gasteiger partial charge in [0.1, 0.15) is 17.8 Å². The average Bonchev–Trinajstić information content (AvgIpc) is 3.99. The molecule has 0 saturated carbocycles. The van der Waals surface area contributed by atoms with Crippen LogP contribution in [-0.2, 0) is 16.8 Å². The van der Waals surface area contributed by atoms with Crippen LogP contribution in [0.1, 0.15) is 86.2 Å². The van der Waals surface area contributed by atoms with Crippen molar-refractivity contribution in [2.45, 2.75) is 71.9 Å². The summed E-state index contributed by atoms with van der Waals surface area (Å²) in [5, 5.41) is 20.5. The zero-order chi connectivity index (χ0) is 45.4. The number of nitrogens with one attached hydrogen (secondary N) is 3. The molecule has 338 valence electrons. The summed E-state index contributed by atoms with van der Waals surface area (Å²) in [5.41, 5.74) is 8.14. The van der Waals surface area contributed by atoms with Crippen LogP contribution in [0.5, 0.6) is 0 Å². The molecule has 6 aromatic rings. The first kappa shape index (κ1) is 43.5. The third kappa shape index (κ3) is 9.29. The molecule has 4 amide bonds. The number of piperazine rings is 1. The highest BCUT2D eigenvalue weighted by atomic mass is 16.5. The molecule has 3 aliphatic rings. The van der Waals surface area contributed by atoms with E-state index < -0.39 is 11.9 Å². The number of benzene rings is 2. The van der Waals surface area contributed by atoms with Gasteiger partial charge < -0.3 is 29.7 Å². The van der Waals surface area contributed by atoms with Crippen molar-refractivity contribution in [3.05, 3.63) is 95.5 Å². The number of H-pyrrole nitrogens is 1. The minimum atomic E-state index is -0.461. The van der Waals surface area contributed by atoms with Crippen molar-refractivity contribution in [1.82, 2.24) is 45.6 Å². The van der Waals surface area contributed by atoms with E-state index in [1.165, 1.54) is 12.0 Å². The lowest BCUT2D eigenvalue weighted by atomic mass is 9.95. The number of anilines is 3. The number of aliphatic hydroxyl groups excluding tert-OH is 1. The van der Waals surface area contributed by atoms with E-state index >= 15 is 0 Å². The molecule has 17 heteroatoms. The summed E-state index contributed by atoms with van der Waals surface area (Å²) in [6, 6.07) is 17.4. The molecule has 3 aliphatic heterocycles. The van der Waals surface area contributed by atoms with Gasteiger partial charge in [-0.25, -0.2) is 19.7 Å². The highest BCUT2D eigenvalue weighted by Gasteiger charge is 2.29. The lowest BCUT2D eigenvalue weighted by molar-refractivity contribution is -0.120. The second-order valence-electron chi connectivity index (χ2n) is 18.5. The van der Waals surface area contributed by atoms with Crippen molar-refractivity contribution in [2.75, 3.05) is 67.1 Å². The molecule has 4 aromatic heterocycles. The molecule has 0 aliphatic carbocycles. The summed E-state index contributed by atoms with van der Waals surface area (Å²) in [6.07, 6.45) is 6.03. The second kappa shape index (κ2) is 18.0. The fourth-order valence-corrected chi connectivity index (χ4v) is 9.16. The highest BCUT2D eigenvalue weighted by molar-refractivity contribution is 6.06. The van der Waals surface area contributed by atoms with Gasteiger partial charge in [0.15, 0.2) is 0 Å². The Kier molecular flexibility index (Phi) is 12.1. The molecule has 0 spiro atoms. The molecule has 0 bridgehead atoms. The molecule has 3 saturated heterocycles. The maximum atomic E-state index is 13.0. The number of pyridine rings is 1. The molecule has 0 unspecified atom stereocenters. The Morgan fingerprint density at radius 2 is 1.71 bits per heavy atom. The third-order valence-electron chi connectivity index (χ3n) is 12.9. The number of rotatable bonds is 11. The standard InChI is InChI=1S/C48H56N12O5/c1-29-22-35(8-10-39(29)60-17-14-41(62)54-47(60)64)58-15-12-31(13-16-58)26-57-18-20-59(21-19-57)40-11-7-33(25-49-40)38-24-37-42(50-28-51-43(37)53-38)32-6-9-36(34(23-32)27-61)30(2)52-45(63)44-55-46(65-56-44)48(3,4)5/h6-11,22-25,28,30-31,61H,12-21,26-27H2,1-5H3,(H,52,63)(H,50,51,53)(H,54,62,64)/t30-/m1/s1. The zero-order valence-corrected chi connectivity index (χ0v) is 37.6. The average molecular weight is 881 g/mol. The Hall–Kier alpha value is -6.72. The van der Waals surface area contributed by atoms with Crippen molar-refractivity contribution in [2.24, 2.45) is 5.92 Å². The van der Waals surface area contributed by atoms with Crippen LogP contribution in [0.4, 0.5) is 22.0 Å². The van der Waals surface area contributed by atoms with Gasteiger partial charge in [0.05, 0.1) is 18.3 Å². The topological polar surface area (TPSA) is 202 Å². The molecule has 1 atom stereocenters. The molecular weight excluding hydrogens is 825 g/mol. The summed E-state index contributed by atoms with van der Waals surface area (Å²) in [6.45, 7) is 16.8. The van der Waals surface area contributed by atoms with E-state index in [2.05, 4.69) is 74.7 Å². The minimum absolute atomic E-state index is 0.0379. The van der Waals surface area contributed by atoms with Crippen LogP contribution < -0.4 is 25.3 Å². The van der Waals surface area contributed by atoms with E-state index in [-0.39, 0.29) is 29.8 Å². The number of piperidine rings is 1. The number of imide groups is 1.